The minimum absolute atomic E-state index is 0.371. The molecule has 0 saturated heterocycles. The lowest BCUT2D eigenvalue weighted by Gasteiger charge is -2.05. The van der Waals surface area contributed by atoms with E-state index in [1.165, 1.54) is 11.3 Å². The summed E-state index contributed by atoms with van der Waals surface area (Å²) in [5.41, 5.74) is 2.30. The van der Waals surface area contributed by atoms with Crippen LogP contribution in [0.15, 0.2) is 30.6 Å². The first kappa shape index (κ1) is 15.5. The molecule has 8 heteroatoms. The number of aryl methyl sites for hydroxylation is 1. The van der Waals surface area contributed by atoms with Crippen LogP contribution in [0.4, 0.5) is 11.6 Å². The van der Waals surface area contributed by atoms with Crippen LogP contribution in [0.2, 0.25) is 5.15 Å². The second-order valence-electron chi connectivity index (χ2n) is 4.66. The molecule has 6 nitrogen and oxygen atoms in total. The van der Waals surface area contributed by atoms with Gasteiger partial charge in [-0.15, -0.1) is 11.3 Å². The molecule has 0 atom stereocenters. The van der Waals surface area contributed by atoms with Crippen molar-refractivity contribution in [3.05, 3.63) is 46.3 Å². The molecule has 0 saturated carbocycles. The van der Waals surface area contributed by atoms with Gasteiger partial charge in [-0.05, 0) is 25.1 Å². The number of carbonyl (C=O) groups excluding carboxylic acids is 1. The minimum atomic E-state index is 0.371. The summed E-state index contributed by atoms with van der Waals surface area (Å²) in [6.45, 7) is 1.89. The predicted molar refractivity (Wildman–Crippen MR) is 90.2 cm³/mol. The van der Waals surface area contributed by atoms with Gasteiger partial charge >= 0.3 is 0 Å². The van der Waals surface area contributed by atoms with Gasteiger partial charge in [-0.1, -0.05) is 11.6 Å². The van der Waals surface area contributed by atoms with Crippen molar-refractivity contribution in [1.29, 1.82) is 0 Å². The quantitative estimate of drug-likeness (QED) is 0.563. The highest BCUT2D eigenvalue weighted by atomic mass is 35.5. The molecule has 1 N–H and O–H groups in total. The Kier molecular flexibility index (Phi) is 4.59. The lowest BCUT2D eigenvalue weighted by molar-refractivity contribution is -0.107. The molecule has 0 spiro atoms. The minimum Gasteiger partial charge on any atom is -0.323 e. The van der Waals surface area contributed by atoms with Crippen molar-refractivity contribution in [3.63, 3.8) is 0 Å². The summed E-state index contributed by atoms with van der Waals surface area (Å²) in [7, 11) is 0. The molecule has 0 aliphatic heterocycles. The number of halogens is 1. The fourth-order valence-electron chi connectivity index (χ4n) is 1.92. The van der Waals surface area contributed by atoms with Crippen molar-refractivity contribution >= 4 is 40.9 Å². The summed E-state index contributed by atoms with van der Waals surface area (Å²) in [5, 5.41) is 4.25. The summed E-state index contributed by atoms with van der Waals surface area (Å²) in [6, 6.07) is 5.26. The smallest absolute Gasteiger partial charge is 0.227 e. The molecule has 3 aromatic rings. The van der Waals surface area contributed by atoms with Crippen LogP contribution in [0, 0.1) is 6.92 Å². The maximum Gasteiger partial charge on any atom is 0.227 e. The van der Waals surface area contributed by atoms with Gasteiger partial charge in [0.15, 0.2) is 0 Å². The van der Waals surface area contributed by atoms with Gasteiger partial charge < -0.3 is 10.1 Å². The first-order valence-electron chi connectivity index (χ1n) is 6.77. The van der Waals surface area contributed by atoms with Crippen LogP contribution >= 0.6 is 22.9 Å². The molecule has 0 aliphatic carbocycles. The van der Waals surface area contributed by atoms with E-state index < -0.39 is 0 Å². The Morgan fingerprint density at radius 1 is 1.26 bits per heavy atom. The molecule has 0 aliphatic rings. The van der Waals surface area contributed by atoms with E-state index in [1.807, 2.05) is 6.92 Å². The third-order valence-corrected chi connectivity index (χ3v) is 4.45. The first-order chi connectivity index (χ1) is 11.2. The Labute approximate surface area is 141 Å². The van der Waals surface area contributed by atoms with Crippen LogP contribution in [0.3, 0.4) is 0 Å². The van der Waals surface area contributed by atoms with E-state index in [1.54, 1.807) is 30.6 Å². The van der Waals surface area contributed by atoms with E-state index >= 15 is 0 Å². The summed E-state index contributed by atoms with van der Waals surface area (Å²) in [6.07, 6.45) is 4.51. The van der Waals surface area contributed by atoms with Crippen molar-refractivity contribution in [1.82, 2.24) is 19.9 Å². The molecule has 0 unspecified atom stereocenters. The van der Waals surface area contributed by atoms with Crippen molar-refractivity contribution < 1.29 is 4.79 Å². The van der Waals surface area contributed by atoms with Gasteiger partial charge in [-0.25, -0.2) is 19.9 Å². The predicted octanol–water partition coefficient (Wildman–Crippen LogP) is 3.44. The maximum absolute atomic E-state index is 10.7. The number of nitrogens with one attached hydrogen (secondary N) is 1. The van der Waals surface area contributed by atoms with Crippen LogP contribution in [-0.2, 0) is 11.2 Å². The number of carbonyl (C=O) groups is 1. The molecule has 3 heterocycles. The average Bonchev–Trinajstić information content (AvgIpc) is 2.92. The molecule has 3 rings (SSSR count). The second kappa shape index (κ2) is 6.80. The highest BCUT2D eigenvalue weighted by Crippen LogP contribution is 2.27. The van der Waals surface area contributed by atoms with E-state index in [9.17, 15) is 4.79 Å². The first-order valence-corrected chi connectivity index (χ1v) is 7.97. The van der Waals surface area contributed by atoms with Crippen molar-refractivity contribution in [3.8, 4) is 10.7 Å². The molecule has 0 amide bonds. The van der Waals surface area contributed by atoms with Crippen LogP contribution in [0.5, 0.6) is 0 Å². The molecule has 0 bridgehead atoms. The number of anilines is 2. The SMILES string of the molecule is Cc1nc(-c2ccnc(Nc3ccc(Cl)nc3)n2)sc1CC=O. The Morgan fingerprint density at radius 2 is 2.13 bits per heavy atom. The third kappa shape index (κ3) is 3.69. The number of rotatable bonds is 5. The van der Waals surface area contributed by atoms with Gasteiger partial charge in [0, 0.05) is 17.5 Å². The zero-order valence-electron chi connectivity index (χ0n) is 12.2. The third-order valence-electron chi connectivity index (χ3n) is 3.02. The van der Waals surface area contributed by atoms with E-state index in [4.69, 9.17) is 11.6 Å². The van der Waals surface area contributed by atoms with Crippen LogP contribution in [0.25, 0.3) is 10.7 Å². The topological polar surface area (TPSA) is 80.7 Å². The monoisotopic (exact) mass is 345 g/mol. The van der Waals surface area contributed by atoms with Gasteiger partial charge in [-0.2, -0.15) is 0 Å². The number of aromatic nitrogens is 4. The van der Waals surface area contributed by atoms with Crippen molar-refractivity contribution in [2.24, 2.45) is 0 Å². The number of thiazole rings is 1. The number of pyridine rings is 1. The molecule has 0 aromatic carbocycles. The highest BCUT2D eigenvalue weighted by Gasteiger charge is 2.11. The van der Waals surface area contributed by atoms with Crippen molar-refractivity contribution in [2.45, 2.75) is 13.3 Å². The number of hydrogen-bond acceptors (Lipinski definition) is 7. The number of nitrogens with zero attached hydrogens (tertiary/aromatic N) is 4. The van der Waals surface area contributed by atoms with Crippen LogP contribution in [0.1, 0.15) is 10.6 Å². The summed E-state index contributed by atoms with van der Waals surface area (Å²) in [5.74, 6) is 0.441. The fraction of sp³-hybridized carbons (Fsp3) is 0.133. The van der Waals surface area contributed by atoms with Gasteiger partial charge in [0.05, 0.1) is 17.6 Å². The van der Waals surface area contributed by atoms with Gasteiger partial charge in [-0.3, -0.25) is 0 Å². The number of aldehydes is 1. The zero-order valence-corrected chi connectivity index (χ0v) is 13.7. The van der Waals surface area contributed by atoms with E-state index in [-0.39, 0.29) is 0 Å². The zero-order chi connectivity index (χ0) is 16.2. The highest BCUT2D eigenvalue weighted by molar-refractivity contribution is 7.15. The Morgan fingerprint density at radius 3 is 2.87 bits per heavy atom. The van der Waals surface area contributed by atoms with Gasteiger partial charge in [0.1, 0.15) is 22.1 Å². The maximum atomic E-state index is 10.7. The van der Waals surface area contributed by atoms with E-state index in [2.05, 4.69) is 25.3 Å². The van der Waals surface area contributed by atoms with Crippen LogP contribution in [-0.4, -0.2) is 26.2 Å². The molecule has 23 heavy (non-hydrogen) atoms. The Hall–Kier alpha value is -2.38. The standard InChI is InChI=1S/C15H12ClN5OS/c1-9-12(5-7-22)23-14(19-9)11-4-6-17-15(21-11)20-10-2-3-13(16)18-8-10/h2-4,6-8H,5H2,1H3,(H,17,20,21). The molecular weight excluding hydrogens is 334 g/mol. The Bertz CT molecular complexity index is 834. The van der Waals surface area contributed by atoms with E-state index in [0.717, 1.165) is 27.6 Å². The Balaban J connectivity index is 1.86. The average molecular weight is 346 g/mol. The lowest BCUT2D eigenvalue weighted by atomic mass is 10.3. The molecular formula is C15H12ClN5OS. The van der Waals surface area contributed by atoms with Crippen LogP contribution < -0.4 is 5.32 Å². The fourth-order valence-corrected chi connectivity index (χ4v) is 3.01. The van der Waals surface area contributed by atoms with E-state index in [0.29, 0.717) is 23.2 Å². The van der Waals surface area contributed by atoms with Gasteiger partial charge in [0.25, 0.3) is 0 Å². The summed E-state index contributed by atoms with van der Waals surface area (Å²) in [4.78, 5) is 28.7. The number of hydrogen-bond donors (Lipinski definition) is 1. The summed E-state index contributed by atoms with van der Waals surface area (Å²) >= 11 is 7.22. The molecule has 0 fully saturated rings. The summed E-state index contributed by atoms with van der Waals surface area (Å²) < 4.78 is 0. The largest absolute Gasteiger partial charge is 0.323 e. The normalized spacial score (nSPS) is 10.5. The second-order valence-corrected chi connectivity index (χ2v) is 6.13. The molecule has 3 aromatic heterocycles. The molecule has 0 radical (unpaired) electrons. The van der Waals surface area contributed by atoms with Crippen molar-refractivity contribution in [2.75, 3.05) is 5.32 Å². The lowest BCUT2D eigenvalue weighted by Crippen LogP contribution is -1.98. The molecule has 116 valence electrons. The van der Waals surface area contributed by atoms with Gasteiger partial charge in [0.2, 0.25) is 5.95 Å².